The Morgan fingerprint density at radius 1 is 1.30 bits per heavy atom. The van der Waals surface area contributed by atoms with Gasteiger partial charge in [-0.25, -0.2) is 0 Å². The number of rotatable bonds is 5. The van der Waals surface area contributed by atoms with Gasteiger partial charge in [0.2, 0.25) is 0 Å². The summed E-state index contributed by atoms with van der Waals surface area (Å²) in [6, 6.07) is 4.51. The van der Waals surface area contributed by atoms with Crippen molar-refractivity contribution in [1.82, 2.24) is 4.90 Å². The van der Waals surface area contributed by atoms with Crippen molar-refractivity contribution in [1.29, 1.82) is 0 Å². The topological polar surface area (TPSA) is 49.8 Å². The standard InChI is InChI=1S/C16H20F3NO3/c17-16(18,19)13-4-1-3-12(11-13)15(22)20-7-5-14(6-8-20)23-10-2-9-21/h1,3-4,11,14,21H,2,5-10H2. The van der Waals surface area contributed by atoms with Crippen LogP contribution in [0.5, 0.6) is 0 Å². The zero-order valence-electron chi connectivity index (χ0n) is 12.7. The zero-order valence-corrected chi connectivity index (χ0v) is 12.7. The fourth-order valence-corrected chi connectivity index (χ4v) is 2.55. The molecule has 7 heteroatoms. The molecule has 0 atom stereocenters. The first-order valence-electron chi connectivity index (χ1n) is 7.61. The number of carbonyl (C=O) groups is 1. The van der Waals surface area contributed by atoms with E-state index in [-0.39, 0.29) is 24.2 Å². The molecule has 0 radical (unpaired) electrons. The Kier molecular flexibility index (Phi) is 6.01. The minimum absolute atomic E-state index is 0.0344. The number of aliphatic hydroxyl groups is 1. The molecule has 1 saturated heterocycles. The molecular formula is C16H20F3NO3. The van der Waals surface area contributed by atoms with Crippen molar-refractivity contribution in [3.63, 3.8) is 0 Å². The molecule has 1 aromatic carbocycles. The minimum Gasteiger partial charge on any atom is -0.396 e. The third kappa shape index (κ3) is 4.94. The molecule has 2 rings (SSSR count). The summed E-state index contributed by atoms with van der Waals surface area (Å²) < 4.78 is 43.7. The van der Waals surface area contributed by atoms with Gasteiger partial charge < -0.3 is 14.7 Å². The highest BCUT2D eigenvalue weighted by molar-refractivity contribution is 5.94. The largest absolute Gasteiger partial charge is 0.416 e. The van der Waals surface area contributed by atoms with Crippen molar-refractivity contribution in [2.45, 2.75) is 31.5 Å². The van der Waals surface area contributed by atoms with E-state index in [0.29, 0.717) is 39.0 Å². The van der Waals surface area contributed by atoms with Gasteiger partial charge in [0, 0.05) is 31.9 Å². The SMILES string of the molecule is O=C(c1cccc(C(F)(F)F)c1)N1CCC(OCCCO)CC1. The number of piperidine rings is 1. The number of likely N-dealkylation sites (tertiary alicyclic amines) is 1. The summed E-state index contributed by atoms with van der Waals surface area (Å²) in [6.45, 7) is 1.47. The number of alkyl halides is 3. The van der Waals surface area contributed by atoms with Crippen LogP contribution in [-0.2, 0) is 10.9 Å². The van der Waals surface area contributed by atoms with Gasteiger partial charge in [0.05, 0.1) is 11.7 Å². The second-order valence-electron chi connectivity index (χ2n) is 5.52. The molecule has 128 valence electrons. The lowest BCUT2D eigenvalue weighted by molar-refractivity contribution is -0.137. The number of ether oxygens (including phenoxy) is 1. The Labute approximate surface area is 132 Å². The quantitative estimate of drug-likeness (QED) is 0.844. The molecule has 23 heavy (non-hydrogen) atoms. The van der Waals surface area contributed by atoms with Gasteiger partial charge in [-0.3, -0.25) is 4.79 Å². The third-order valence-electron chi connectivity index (χ3n) is 3.82. The highest BCUT2D eigenvalue weighted by atomic mass is 19.4. The van der Waals surface area contributed by atoms with Gasteiger partial charge in [0.1, 0.15) is 0 Å². The van der Waals surface area contributed by atoms with Crippen molar-refractivity contribution in [3.8, 4) is 0 Å². The van der Waals surface area contributed by atoms with Gasteiger partial charge in [-0.15, -0.1) is 0 Å². The van der Waals surface area contributed by atoms with Crippen LogP contribution >= 0.6 is 0 Å². The number of hydrogen-bond donors (Lipinski definition) is 1. The van der Waals surface area contributed by atoms with E-state index >= 15 is 0 Å². The number of hydrogen-bond acceptors (Lipinski definition) is 3. The lowest BCUT2D eigenvalue weighted by atomic mass is 10.0. The van der Waals surface area contributed by atoms with E-state index in [0.717, 1.165) is 12.1 Å². The van der Waals surface area contributed by atoms with Crippen LogP contribution in [0.1, 0.15) is 35.2 Å². The summed E-state index contributed by atoms with van der Waals surface area (Å²) in [7, 11) is 0. The summed E-state index contributed by atoms with van der Waals surface area (Å²) >= 11 is 0. The Bertz CT molecular complexity index is 526. The van der Waals surface area contributed by atoms with Gasteiger partial charge in [0.25, 0.3) is 5.91 Å². The zero-order chi connectivity index (χ0) is 16.9. The number of carbonyl (C=O) groups excluding carboxylic acids is 1. The molecular weight excluding hydrogens is 311 g/mol. The van der Waals surface area contributed by atoms with Crippen LogP contribution in [0.15, 0.2) is 24.3 Å². The van der Waals surface area contributed by atoms with E-state index in [1.54, 1.807) is 4.90 Å². The summed E-state index contributed by atoms with van der Waals surface area (Å²) in [5.74, 6) is -0.384. The molecule has 1 N–H and O–H groups in total. The summed E-state index contributed by atoms with van der Waals surface area (Å²) in [5.41, 5.74) is -0.759. The molecule has 1 aliphatic heterocycles. The summed E-state index contributed by atoms with van der Waals surface area (Å²) in [4.78, 5) is 13.9. The van der Waals surface area contributed by atoms with Crippen LogP contribution in [0.3, 0.4) is 0 Å². The molecule has 0 saturated carbocycles. The van der Waals surface area contributed by atoms with Crippen molar-refractivity contribution < 1.29 is 27.8 Å². The van der Waals surface area contributed by atoms with E-state index in [1.165, 1.54) is 12.1 Å². The fraction of sp³-hybridized carbons (Fsp3) is 0.562. The van der Waals surface area contributed by atoms with Crippen LogP contribution < -0.4 is 0 Å². The molecule has 1 aliphatic rings. The maximum absolute atomic E-state index is 12.7. The van der Waals surface area contributed by atoms with Gasteiger partial charge in [-0.1, -0.05) is 6.07 Å². The first-order valence-corrected chi connectivity index (χ1v) is 7.61. The molecule has 1 aromatic rings. The molecule has 0 unspecified atom stereocenters. The molecule has 0 bridgehead atoms. The number of aliphatic hydroxyl groups excluding tert-OH is 1. The molecule has 1 heterocycles. The van der Waals surface area contributed by atoms with Gasteiger partial charge >= 0.3 is 6.18 Å². The van der Waals surface area contributed by atoms with Crippen molar-refractivity contribution in [2.75, 3.05) is 26.3 Å². The predicted octanol–water partition coefficient (Wildman–Crippen LogP) is 2.71. The maximum Gasteiger partial charge on any atom is 0.416 e. The molecule has 0 aromatic heterocycles. The van der Waals surface area contributed by atoms with Crippen LogP contribution in [-0.4, -0.2) is 48.3 Å². The predicted molar refractivity (Wildman–Crippen MR) is 78.0 cm³/mol. The second kappa shape index (κ2) is 7.79. The number of amides is 1. The van der Waals surface area contributed by atoms with Crippen LogP contribution in [0, 0.1) is 0 Å². The highest BCUT2D eigenvalue weighted by Crippen LogP contribution is 2.30. The second-order valence-corrected chi connectivity index (χ2v) is 5.52. The normalized spacial score (nSPS) is 16.6. The van der Waals surface area contributed by atoms with Gasteiger partial charge in [-0.2, -0.15) is 13.2 Å². The monoisotopic (exact) mass is 331 g/mol. The van der Waals surface area contributed by atoms with E-state index in [2.05, 4.69) is 0 Å². The van der Waals surface area contributed by atoms with Crippen LogP contribution in [0.2, 0.25) is 0 Å². The van der Waals surface area contributed by atoms with Crippen LogP contribution in [0.4, 0.5) is 13.2 Å². The highest BCUT2D eigenvalue weighted by Gasteiger charge is 2.31. The number of nitrogens with zero attached hydrogens (tertiary/aromatic N) is 1. The number of benzene rings is 1. The van der Waals surface area contributed by atoms with Crippen molar-refractivity contribution >= 4 is 5.91 Å². The van der Waals surface area contributed by atoms with Crippen LogP contribution in [0.25, 0.3) is 0 Å². The smallest absolute Gasteiger partial charge is 0.396 e. The number of halogens is 3. The average molecular weight is 331 g/mol. The van der Waals surface area contributed by atoms with E-state index in [1.807, 2.05) is 0 Å². The first kappa shape index (κ1) is 17.7. The van der Waals surface area contributed by atoms with E-state index in [9.17, 15) is 18.0 Å². The Morgan fingerprint density at radius 2 is 2.00 bits per heavy atom. The maximum atomic E-state index is 12.7. The van der Waals surface area contributed by atoms with Gasteiger partial charge in [-0.05, 0) is 37.5 Å². The molecule has 1 fully saturated rings. The Morgan fingerprint density at radius 3 is 2.61 bits per heavy atom. The van der Waals surface area contributed by atoms with Crippen molar-refractivity contribution in [3.05, 3.63) is 35.4 Å². The van der Waals surface area contributed by atoms with E-state index < -0.39 is 11.7 Å². The molecule has 4 nitrogen and oxygen atoms in total. The fourth-order valence-electron chi connectivity index (χ4n) is 2.55. The molecule has 1 amide bonds. The lowest BCUT2D eigenvalue weighted by Gasteiger charge is -2.32. The van der Waals surface area contributed by atoms with E-state index in [4.69, 9.17) is 9.84 Å². The average Bonchev–Trinajstić information content (AvgIpc) is 2.54. The molecule has 0 aliphatic carbocycles. The first-order chi connectivity index (χ1) is 10.9. The summed E-state index contributed by atoms with van der Waals surface area (Å²) in [6.07, 6.45) is -2.55. The Hall–Kier alpha value is -1.60. The third-order valence-corrected chi connectivity index (χ3v) is 3.82. The van der Waals surface area contributed by atoms with Gasteiger partial charge in [0.15, 0.2) is 0 Å². The Balaban J connectivity index is 1.92. The lowest BCUT2D eigenvalue weighted by Crippen LogP contribution is -2.41. The molecule has 0 spiro atoms. The minimum atomic E-state index is -4.45. The van der Waals surface area contributed by atoms with Crippen molar-refractivity contribution in [2.24, 2.45) is 0 Å². The summed E-state index contributed by atoms with van der Waals surface area (Å²) in [5, 5.41) is 8.70.